The first-order valence-electron chi connectivity index (χ1n) is 10.7. The summed E-state index contributed by atoms with van der Waals surface area (Å²) in [6.45, 7) is 12.0. The van der Waals surface area contributed by atoms with Gasteiger partial charge in [0, 0.05) is 24.8 Å². The minimum Gasteiger partial charge on any atom is -0.413 e. The molecule has 0 radical (unpaired) electrons. The molecule has 0 spiro atoms. The fourth-order valence-corrected chi connectivity index (χ4v) is 3.85. The first-order valence-corrected chi connectivity index (χ1v) is 14.3. The number of hydrogen-bond acceptors (Lipinski definition) is 5. The van der Waals surface area contributed by atoms with Crippen LogP contribution in [0.1, 0.15) is 49.7 Å². The van der Waals surface area contributed by atoms with E-state index in [1.165, 1.54) is 5.56 Å². The van der Waals surface area contributed by atoms with Crippen molar-refractivity contribution < 1.29 is 14.6 Å². The molecule has 2 heterocycles. The average Bonchev–Trinajstić information content (AvgIpc) is 2.79. The van der Waals surface area contributed by atoms with Crippen LogP contribution in [0, 0.1) is 0 Å². The van der Waals surface area contributed by atoms with Crippen molar-refractivity contribution in [3.63, 3.8) is 0 Å². The summed E-state index contributed by atoms with van der Waals surface area (Å²) < 4.78 is 6.09. The number of benzene rings is 1. The first kappa shape index (κ1) is 27.4. The zero-order chi connectivity index (χ0) is 24.6. The van der Waals surface area contributed by atoms with Gasteiger partial charge in [-0.05, 0) is 71.2 Å². The van der Waals surface area contributed by atoms with Gasteiger partial charge in [0.25, 0.3) is 0 Å². The largest absolute Gasteiger partial charge is 0.413 e. The Labute approximate surface area is 207 Å². The van der Waals surface area contributed by atoms with Gasteiger partial charge in [-0.15, -0.1) is 0 Å². The standard InChI is InChI=1S/C13H11Cl2NO2.C12H21NOSi/c14-10-2-1-9(7-11(10)15)13(18)12(17)8-3-5-16-6-4-8;1-12(2,3)15(4,5)14-10-11-6-8-13-9-7-11/h1-7,12-13,17-18H;6-9H,10H2,1-5H3. The Balaban J connectivity index is 0.000000238. The van der Waals surface area contributed by atoms with Crippen LogP contribution in [0.5, 0.6) is 0 Å². The second-order valence-corrected chi connectivity index (χ2v) is 14.9. The van der Waals surface area contributed by atoms with Gasteiger partial charge in [-0.3, -0.25) is 9.97 Å². The second-order valence-electron chi connectivity index (χ2n) is 9.25. The summed E-state index contributed by atoms with van der Waals surface area (Å²) in [4.78, 5) is 7.85. The number of nitrogens with zero attached hydrogens (tertiary/aromatic N) is 2. The Morgan fingerprint density at radius 1 is 0.818 bits per heavy atom. The maximum atomic E-state index is 10.1. The number of pyridine rings is 2. The van der Waals surface area contributed by atoms with Crippen LogP contribution in [0.4, 0.5) is 0 Å². The molecule has 3 rings (SSSR count). The summed E-state index contributed by atoms with van der Waals surface area (Å²) in [5.41, 5.74) is 2.30. The van der Waals surface area contributed by atoms with Crippen LogP contribution in [-0.2, 0) is 11.0 Å². The Morgan fingerprint density at radius 2 is 1.33 bits per heavy atom. The van der Waals surface area contributed by atoms with Crippen molar-refractivity contribution in [1.82, 2.24) is 9.97 Å². The normalized spacial score (nSPS) is 13.6. The van der Waals surface area contributed by atoms with E-state index >= 15 is 0 Å². The second kappa shape index (κ2) is 12.1. The minimum absolute atomic E-state index is 0.278. The number of hydrogen-bond donors (Lipinski definition) is 2. The van der Waals surface area contributed by atoms with Crippen LogP contribution in [0.15, 0.2) is 67.3 Å². The summed E-state index contributed by atoms with van der Waals surface area (Å²) in [5, 5.41) is 21.2. The molecule has 3 aromatic rings. The molecule has 0 bridgehead atoms. The number of aliphatic hydroxyl groups excluding tert-OH is 2. The van der Waals surface area contributed by atoms with E-state index in [0.29, 0.717) is 27.8 Å². The molecule has 33 heavy (non-hydrogen) atoms. The topological polar surface area (TPSA) is 75.5 Å². The molecule has 1 aromatic carbocycles. The Bertz CT molecular complexity index is 1000. The lowest BCUT2D eigenvalue weighted by molar-refractivity contribution is 0.0172. The maximum Gasteiger partial charge on any atom is 0.192 e. The summed E-state index contributed by atoms with van der Waals surface area (Å²) in [6, 6.07) is 12.1. The molecule has 2 unspecified atom stereocenters. The van der Waals surface area contributed by atoms with Gasteiger partial charge in [0.1, 0.15) is 12.2 Å². The molecular weight excluding hydrogens is 475 g/mol. The van der Waals surface area contributed by atoms with Gasteiger partial charge in [0.2, 0.25) is 0 Å². The molecule has 0 aliphatic heterocycles. The lowest BCUT2D eigenvalue weighted by atomic mass is 9.99. The van der Waals surface area contributed by atoms with Crippen LogP contribution in [-0.4, -0.2) is 28.5 Å². The summed E-state index contributed by atoms with van der Waals surface area (Å²) in [5.74, 6) is 0. The quantitative estimate of drug-likeness (QED) is 0.361. The summed E-state index contributed by atoms with van der Waals surface area (Å²) in [6.07, 6.45) is 4.63. The highest BCUT2D eigenvalue weighted by molar-refractivity contribution is 6.74. The number of aliphatic hydroxyl groups is 2. The van der Waals surface area contributed by atoms with Crippen molar-refractivity contribution in [3.05, 3.63) is 94.0 Å². The Kier molecular flexibility index (Phi) is 10.0. The molecule has 2 aromatic heterocycles. The third-order valence-corrected chi connectivity index (χ3v) is 11.0. The van der Waals surface area contributed by atoms with Crippen LogP contribution in [0.3, 0.4) is 0 Å². The van der Waals surface area contributed by atoms with E-state index in [2.05, 4.69) is 43.8 Å². The van der Waals surface area contributed by atoms with E-state index in [-0.39, 0.29) is 5.04 Å². The lowest BCUT2D eigenvalue weighted by Gasteiger charge is -2.36. The fraction of sp³-hybridized carbons (Fsp3) is 0.360. The van der Waals surface area contributed by atoms with Crippen molar-refractivity contribution in [3.8, 4) is 0 Å². The SMILES string of the molecule is CC(C)(C)[Si](C)(C)OCc1ccncc1.OC(c1ccncc1)C(O)c1ccc(Cl)c(Cl)c1. The van der Waals surface area contributed by atoms with Crippen molar-refractivity contribution >= 4 is 31.5 Å². The average molecular weight is 508 g/mol. The highest BCUT2D eigenvalue weighted by atomic mass is 35.5. The van der Waals surface area contributed by atoms with Crippen molar-refractivity contribution in [2.45, 2.75) is 57.7 Å². The lowest BCUT2D eigenvalue weighted by Crippen LogP contribution is -2.40. The Morgan fingerprint density at radius 3 is 1.85 bits per heavy atom. The van der Waals surface area contributed by atoms with Gasteiger partial charge in [-0.25, -0.2) is 0 Å². The summed E-state index contributed by atoms with van der Waals surface area (Å²) in [7, 11) is -1.61. The molecule has 0 saturated heterocycles. The van der Waals surface area contributed by atoms with E-state index < -0.39 is 20.5 Å². The molecular formula is C25H32Cl2N2O3Si. The zero-order valence-corrected chi connectivity index (χ0v) is 22.2. The van der Waals surface area contributed by atoms with Gasteiger partial charge in [0.05, 0.1) is 16.7 Å². The third kappa shape index (κ3) is 8.17. The number of halogens is 2. The number of aromatic nitrogens is 2. The van der Waals surface area contributed by atoms with Gasteiger partial charge in [-0.1, -0.05) is 50.0 Å². The van der Waals surface area contributed by atoms with E-state index in [4.69, 9.17) is 27.6 Å². The molecule has 178 valence electrons. The van der Waals surface area contributed by atoms with E-state index in [0.717, 1.165) is 0 Å². The smallest absolute Gasteiger partial charge is 0.192 e. The van der Waals surface area contributed by atoms with Gasteiger partial charge >= 0.3 is 0 Å². The van der Waals surface area contributed by atoms with Gasteiger partial charge in [0.15, 0.2) is 8.32 Å². The van der Waals surface area contributed by atoms with E-state index in [1.54, 1.807) is 42.7 Å². The summed E-state index contributed by atoms with van der Waals surface area (Å²) >= 11 is 11.7. The minimum atomic E-state index is -1.61. The van der Waals surface area contributed by atoms with Gasteiger partial charge < -0.3 is 14.6 Å². The van der Waals surface area contributed by atoms with Crippen LogP contribution >= 0.6 is 23.2 Å². The molecule has 0 amide bonds. The van der Waals surface area contributed by atoms with Crippen LogP contribution in [0.25, 0.3) is 0 Å². The molecule has 0 aliphatic carbocycles. The van der Waals surface area contributed by atoms with Crippen molar-refractivity contribution in [1.29, 1.82) is 0 Å². The monoisotopic (exact) mass is 506 g/mol. The van der Waals surface area contributed by atoms with Crippen LogP contribution in [0.2, 0.25) is 28.2 Å². The highest BCUT2D eigenvalue weighted by Gasteiger charge is 2.36. The maximum absolute atomic E-state index is 10.1. The predicted octanol–water partition coefficient (Wildman–Crippen LogP) is 6.76. The molecule has 5 nitrogen and oxygen atoms in total. The third-order valence-electron chi connectivity index (χ3n) is 5.79. The predicted molar refractivity (Wildman–Crippen MR) is 137 cm³/mol. The van der Waals surface area contributed by atoms with Crippen molar-refractivity contribution in [2.75, 3.05) is 0 Å². The Hall–Kier alpha value is -1.80. The van der Waals surface area contributed by atoms with Crippen LogP contribution < -0.4 is 0 Å². The van der Waals surface area contributed by atoms with E-state index in [9.17, 15) is 10.2 Å². The highest BCUT2D eigenvalue weighted by Crippen LogP contribution is 2.37. The fourth-order valence-electron chi connectivity index (χ4n) is 2.58. The molecule has 8 heteroatoms. The molecule has 2 atom stereocenters. The number of rotatable bonds is 6. The zero-order valence-electron chi connectivity index (χ0n) is 19.7. The van der Waals surface area contributed by atoms with Gasteiger partial charge in [-0.2, -0.15) is 0 Å². The molecule has 0 saturated carbocycles. The first-order chi connectivity index (χ1) is 15.4. The molecule has 0 aliphatic rings. The molecule has 2 N–H and O–H groups in total. The van der Waals surface area contributed by atoms with E-state index in [1.807, 2.05) is 24.5 Å². The van der Waals surface area contributed by atoms with Crippen molar-refractivity contribution in [2.24, 2.45) is 0 Å². The molecule has 0 fully saturated rings.